The highest BCUT2D eigenvalue weighted by molar-refractivity contribution is 5.50. The lowest BCUT2D eigenvalue weighted by Crippen LogP contribution is -2.26. The van der Waals surface area contributed by atoms with Crippen LogP contribution in [0.5, 0.6) is 5.75 Å². The second-order valence-electron chi connectivity index (χ2n) is 4.78. The van der Waals surface area contributed by atoms with Crippen LogP contribution in [0.2, 0.25) is 0 Å². The van der Waals surface area contributed by atoms with E-state index in [-0.39, 0.29) is 18.5 Å². The number of aliphatic hydroxyl groups is 1. The van der Waals surface area contributed by atoms with Crippen LogP contribution in [0.25, 0.3) is 0 Å². The summed E-state index contributed by atoms with van der Waals surface area (Å²) in [5.41, 5.74) is 1.33. The van der Waals surface area contributed by atoms with Crippen LogP contribution in [-0.4, -0.2) is 37.1 Å². The molecule has 1 atom stereocenters. The van der Waals surface area contributed by atoms with E-state index < -0.39 is 12.7 Å². The van der Waals surface area contributed by atoms with E-state index in [0.717, 1.165) is 5.69 Å². The molecule has 0 bridgehead atoms. The van der Waals surface area contributed by atoms with E-state index in [2.05, 4.69) is 10.1 Å². The summed E-state index contributed by atoms with van der Waals surface area (Å²) in [4.78, 5) is 0. The number of nitrogens with one attached hydrogen (secondary N) is 1. The predicted molar refractivity (Wildman–Crippen MR) is 73.4 cm³/mol. The number of hydrogen-bond donors (Lipinski definition) is 2. The maximum atomic E-state index is 12.1. The molecule has 4 nitrogen and oxygen atoms in total. The van der Waals surface area contributed by atoms with E-state index in [1.54, 1.807) is 19.1 Å². The largest absolute Gasteiger partial charge is 0.435 e. The first-order chi connectivity index (χ1) is 9.38. The highest BCUT2D eigenvalue weighted by atomic mass is 19.3. The lowest BCUT2D eigenvalue weighted by molar-refractivity contribution is -0.0502. The quantitative estimate of drug-likeness (QED) is 0.772. The molecule has 0 saturated heterocycles. The minimum absolute atomic E-state index is 0.0673. The SMILES string of the molecule is Cc1cc(NCC(O)COC(C)C)ccc1OC(F)F. The van der Waals surface area contributed by atoms with Crippen LogP contribution in [0.15, 0.2) is 18.2 Å². The number of aliphatic hydroxyl groups excluding tert-OH is 1. The molecule has 0 aromatic heterocycles. The van der Waals surface area contributed by atoms with Crippen molar-refractivity contribution in [2.24, 2.45) is 0 Å². The molecule has 6 heteroatoms. The summed E-state index contributed by atoms with van der Waals surface area (Å²) in [5.74, 6) is 0.147. The first kappa shape index (κ1) is 16.7. The van der Waals surface area contributed by atoms with Crippen LogP contribution in [0, 0.1) is 6.92 Å². The smallest absolute Gasteiger partial charge is 0.387 e. The molecular weight excluding hydrogens is 268 g/mol. The maximum Gasteiger partial charge on any atom is 0.387 e. The average molecular weight is 289 g/mol. The fourth-order valence-corrected chi connectivity index (χ4v) is 1.59. The molecule has 2 N–H and O–H groups in total. The summed E-state index contributed by atoms with van der Waals surface area (Å²) in [6.07, 6.45) is -0.563. The monoisotopic (exact) mass is 289 g/mol. The molecule has 0 fully saturated rings. The minimum atomic E-state index is -2.83. The molecule has 1 aromatic carbocycles. The van der Waals surface area contributed by atoms with Gasteiger partial charge >= 0.3 is 6.61 Å². The molecule has 0 heterocycles. The van der Waals surface area contributed by atoms with Gasteiger partial charge in [0.05, 0.1) is 18.8 Å². The molecule has 20 heavy (non-hydrogen) atoms. The van der Waals surface area contributed by atoms with E-state index in [9.17, 15) is 13.9 Å². The minimum Gasteiger partial charge on any atom is -0.435 e. The second-order valence-corrected chi connectivity index (χ2v) is 4.78. The van der Waals surface area contributed by atoms with Gasteiger partial charge in [-0.2, -0.15) is 8.78 Å². The van der Waals surface area contributed by atoms with Crippen molar-refractivity contribution in [1.82, 2.24) is 0 Å². The van der Waals surface area contributed by atoms with Gasteiger partial charge in [-0.1, -0.05) is 0 Å². The molecule has 114 valence electrons. The molecule has 0 radical (unpaired) electrons. The summed E-state index contributed by atoms with van der Waals surface area (Å²) in [5, 5.41) is 12.7. The van der Waals surface area contributed by atoms with Crippen LogP contribution in [0.3, 0.4) is 0 Å². The number of aryl methyl sites for hydroxylation is 1. The van der Waals surface area contributed by atoms with Crippen molar-refractivity contribution in [3.63, 3.8) is 0 Å². The van der Waals surface area contributed by atoms with E-state index in [4.69, 9.17) is 4.74 Å². The van der Waals surface area contributed by atoms with Crippen molar-refractivity contribution in [3.8, 4) is 5.75 Å². The van der Waals surface area contributed by atoms with Crippen molar-refractivity contribution < 1.29 is 23.4 Å². The molecule has 0 aliphatic rings. The van der Waals surface area contributed by atoms with E-state index in [1.165, 1.54) is 6.07 Å². The van der Waals surface area contributed by atoms with Crippen molar-refractivity contribution in [1.29, 1.82) is 0 Å². The highest BCUT2D eigenvalue weighted by Gasteiger charge is 2.09. The number of anilines is 1. The summed E-state index contributed by atoms with van der Waals surface area (Å²) < 4.78 is 33.9. The van der Waals surface area contributed by atoms with Gasteiger partial charge in [-0.05, 0) is 44.5 Å². The van der Waals surface area contributed by atoms with Crippen LogP contribution < -0.4 is 10.1 Å². The van der Waals surface area contributed by atoms with Crippen LogP contribution in [0.4, 0.5) is 14.5 Å². The van der Waals surface area contributed by atoms with Gasteiger partial charge in [0.1, 0.15) is 5.75 Å². The normalized spacial score (nSPS) is 12.8. The van der Waals surface area contributed by atoms with Gasteiger partial charge in [0.15, 0.2) is 0 Å². The van der Waals surface area contributed by atoms with Gasteiger partial charge in [0, 0.05) is 12.2 Å². The van der Waals surface area contributed by atoms with Crippen LogP contribution in [0.1, 0.15) is 19.4 Å². The Kier molecular flexibility index (Phi) is 6.67. The summed E-state index contributed by atoms with van der Waals surface area (Å²) >= 11 is 0. The average Bonchev–Trinajstić information content (AvgIpc) is 2.36. The Hall–Kier alpha value is -1.40. The maximum absolute atomic E-state index is 12.1. The van der Waals surface area contributed by atoms with E-state index >= 15 is 0 Å². The Morgan fingerprint density at radius 1 is 1.30 bits per heavy atom. The molecule has 0 amide bonds. The van der Waals surface area contributed by atoms with Crippen molar-refractivity contribution in [2.45, 2.75) is 39.6 Å². The Labute approximate surface area is 117 Å². The van der Waals surface area contributed by atoms with Gasteiger partial charge in [0.2, 0.25) is 0 Å². The Balaban J connectivity index is 2.46. The molecule has 0 aliphatic carbocycles. The zero-order valence-electron chi connectivity index (χ0n) is 11.9. The van der Waals surface area contributed by atoms with Crippen molar-refractivity contribution >= 4 is 5.69 Å². The fraction of sp³-hybridized carbons (Fsp3) is 0.571. The number of ether oxygens (including phenoxy) is 2. The molecular formula is C14H21F2NO3. The summed E-state index contributed by atoms with van der Waals surface area (Å²) in [7, 11) is 0. The molecule has 1 unspecified atom stereocenters. The number of hydrogen-bond acceptors (Lipinski definition) is 4. The van der Waals surface area contributed by atoms with Crippen LogP contribution >= 0.6 is 0 Å². The highest BCUT2D eigenvalue weighted by Crippen LogP contribution is 2.23. The molecule has 1 rings (SSSR count). The molecule has 0 saturated carbocycles. The van der Waals surface area contributed by atoms with Crippen molar-refractivity contribution in [2.75, 3.05) is 18.5 Å². The van der Waals surface area contributed by atoms with Crippen molar-refractivity contribution in [3.05, 3.63) is 23.8 Å². The molecule has 0 aliphatic heterocycles. The zero-order valence-corrected chi connectivity index (χ0v) is 11.9. The summed E-state index contributed by atoms with van der Waals surface area (Å²) in [6, 6.07) is 4.79. The van der Waals surface area contributed by atoms with E-state index in [0.29, 0.717) is 12.1 Å². The van der Waals surface area contributed by atoms with Gasteiger partial charge in [0.25, 0.3) is 0 Å². The fourth-order valence-electron chi connectivity index (χ4n) is 1.59. The first-order valence-electron chi connectivity index (χ1n) is 6.47. The molecule has 1 aromatic rings. The van der Waals surface area contributed by atoms with Gasteiger partial charge in [-0.25, -0.2) is 0 Å². The molecule has 0 spiro atoms. The lowest BCUT2D eigenvalue weighted by atomic mass is 10.2. The Morgan fingerprint density at radius 3 is 2.55 bits per heavy atom. The second kappa shape index (κ2) is 8.01. The lowest BCUT2D eigenvalue weighted by Gasteiger charge is -2.16. The topological polar surface area (TPSA) is 50.7 Å². The standard InChI is InChI=1S/C14H21F2NO3/c1-9(2)19-8-12(18)7-17-11-4-5-13(10(3)6-11)20-14(15)16/h4-6,9,12,14,17-18H,7-8H2,1-3H3. The number of benzene rings is 1. The number of rotatable bonds is 8. The zero-order chi connectivity index (χ0) is 15.1. The van der Waals surface area contributed by atoms with E-state index in [1.807, 2.05) is 13.8 Å². The predicted octanol–water partition coefficient (Wildman–Crippen LogP) is 2.79. The van der Waals surface area contributed by atoms with Gasteiger partial charge < -0.3 is 19.9 Å². The third kappa shape index (κ3) is 6.16. The van der Waals surface area contributed by atoms with Crippen LogP contribution in [-0.2, 0) is 4.74 Å². The number of halogens is 2. The third-order valence-corrected chi connectivity index (χ3v) is 2.55. The van der Waals surface area contributed by atoms with Gasteiger partial charge in [-0.15, -0.1) is 0 Å². The first-order valence-corrected chi connectivity index (χ1v) is 6.47. The Bertz CT molecular complexity index is 413. The third-order valence-electron chi connectivity index (χ3n) is 2.55. The summed E-state index contributed by atoms with van der Waals surface area (Å²) in [6.45, 7) is 3.21. The Morgan fingerprint density at radius 2 is 2.00 bits per heavy atom. The van der Waals surface area contributed by atoms with Gasteiger partial charge in [-0.3, -0.25) is 0 Å². The number of alkyl halides is 2.